The number of nitrogens with zero attached hydrogens (tertiary/aromatic N) is 2. The van der Waals surface area contributed by atoms with E-state index in [4.69, 9.17) is 9.47 Å². The highest BCUT2D eigenvalue weighted by atomic mass is 16.6. The van der Waals surface area contributed by atoms with E-state index >= 15 is 0 Å². The van der Waals surface area contributed by atoms with E-state index in [1.54, 1.807) is 12.1 Å². The van der Waals surface area contributed by atoms with Crippen molar-refractivity contribution in [1.82, 2.24) is 15.5 Å². The largest absolute Gasteiger partial charge is 0.504 e. The van der Waals surface area contributed by atoms with Gasteiger partial charge < -0.3 is 30.1 Å². The van der Waals surface area contributed by atoms with Gasteiger partial charge in [0, 0.05) is 24.7 Å². The minimum absolute atomic E-state index is 0.110. The lowest BCUT2D eigenvalue weighted by Crippen LogP contribution is -2.55. The molecule has 8 heteroatoms. The van der Waals surface area contributed by atoms with Crippen molar-refractivity contribution in [3.05, 3.63) is 23.8 Å². The number of methoxy groups -OCH3 is 1. The van der Waals surface area contributed by atoms with E-state index in [0.29, 0.717) is 12.3 Å². The second-order valence-electron chi connectivity index (χ2n) is 9.29. The third-order valence-electron chi connectivity index (χ3n) is 5.69. The summed E-state index contributed by atoms with van der Waals surface area (Å²) in [4.78, 5) is 19.3. The fourth-order valence-corrected chi connectivity index (χ4v) is 4.43. The molecule has 0 aliphatic carbocycles. The van der Waals surface area contributed by atoms with E-state index in [-0.39, 0.29) is 30.0 Å². The fourth-order valence-electron chi connectivity index (χ4n) is 4.43. The van der Waals surface area contributed by atoms with Crippen LogP contribution in [0.1, 0.15) is 58.9 Å². The number of hydrogen-bond donors (Lipinski definition) is 3. The number of fused-ring (bicyclic) bond motifs is 2. The van der Waals surface area contributed by atoms with Gasteiger partial charge in [0.05, 0.1) is 13.7 Å². The van der Waals surface area contributed by atoms with Gasteiger partial charge in [-0.3, -0.25) is 0 Å². The topological polar surface area (TPSA) is 95.4 Å². The minimum Gasteiger partial charge on any atom is -0.504 e. The molecular weight excluding hydrogens is 396 g/mol. The quantitative estimate of drug-likeness (QED) is 0.488. The maximum absolute atomic E-state index is 12.7. The van der Waals surface area contributed by atoms with E-state index in [2.05, 4.69) is 15.6 Å². The third-order valence-corrected chi connectivity index (χ3v) is 5.69. The van der Waals surface area contributed by atoms with Gasteiger partial charge in [-0.25, -0.2) is 9.79 Å². The van der Waals surface area contributed by atoms with Crippen LogP contribution in [-0.4, -0.2) is 59.4 Å². The number of phenolic OH excluding ortho intramolecular Hbond substituents is 1. The van der Waals surface area contributed by atoms with Crippen LogP contribution in [0.5, 0.6) is 11.5 Å². The van der Waals surface area contributed by atoms with Crippen molar-refractivity contribution in [1.29, 1.82) is 0 Å². The Hall–Kier alpha value is -2.64. The van der Waals surface area contributed by atoms with Crippen molar-refractivity contribution in [2.45, 2.75) is 83.6 Å². The maximum Gasteiger partial charge on any atom is 0.410 e. The molecule has 1 aromatic carbocycles. The first kappa shape index (κ1) is 23.0. The van der Waals surface area contributed by atoms with Crippen molar-refractivity contribution in [3.8, 4) is 11.5 Å². The van der Waals surface area contributed by atoms with E-state index < -0.39 is 5.60 Å². The number of carbonyl (C=O) groups excluding carboxylic acids is 1. The number of nitrogens with one attached hydrogen (secondary N) is 2. The molecule has 0 spiro atoms. The van der Waals surface area contributed by atoms with Crippen LogP contribution < -0.4 is 15.4 Å². The minimum atomic E-state index is -0.480. The van der Waals surface area contributed by atoms with Crippen molar-refractivity contribution in [3.63, 3.8) is 0 Å². The zero-order valence-electron chi connectivity index (χ0n) is 19.3. The molecule has 172 valence electrons. The first-order chi connectivity index (χ1) is 14.7. The molecule has 0 aromatic heterocycles. The van der Waals surface area contributed by atoms with Gasteiger partial charge in [-0.05, 0) is 71.1 Å². The molecule has 2 aliphatic heterocycles. The first-order valence-electron chi connectivity index (χ1n) is 11.1. The molecule has 31 heavy (non-hydrogen) atoms. The van der Waals surface area contributed by atoms with Crippen LogP contribution in [0.15, 0.2) is 23.2 Å². The maximum atomic E-state index is 12.7. The number of benzene rings is 1. The van der Waals surface area contributed by atoms with E-state index in [9.17, 15) is 9.90 Å². The molecule has 2 aliphatic rings. The van der Waals surface area contributed by atoms with Gasteiger partial charge in [0.1, 0.15) is 5.60 Å². The summed E-state index contributed by atoms with van der Waals surface area (Å²) >= 11 is 0. The molecule has 1 aromatic rings. The monoisotopic (exact) mass is 432 g/mol. The number of rotatable bonds is 5. The van der Waals surface area contributed by atoms with Gasteiger partial charge in [-0.1, -0.05) is 6.07 Å². The molecule has 3 rings (SSSR count). The number of aliphatic imine (C=N–C) groups is 1. The Labute approximate surface area is 185 Å². The summed E-state index contributed by atoms with van der Waals surface area (Å²) in [7, 11) is 1.53. The molecule has 2 bridgehead atoms. The number of ether oxygens (including phenoxy) is 2. The number of guanidine groups is 1. The van der Waals surface area contributed by atoms with Crippen molar-refractivity contribution in [2.24, 2.45) is 4.99 Å². The van der Waals surface area contributed by atoms with Crippen LogP contribution in [0.4, 0.5) is 4.79 Å². The number of piperidine rings is 1. The number of hydrogen-bond acceptors (Lipinski definition) is 5. The third kappa shape index (κ3) is 5.95. The Bertz CT molecular complexity index is 791. The lowest BCUT2D eigenvalue weighted by atomic mass is 9.98. The molecule has 0 radical (unpaired) electrons. The lowest BCUT2D eigenvalue weighted by Gasteiger charge is -2.40. The lowest BCUT2D eigenvalue weighted by molar-refractivity contribution is 0.00545. The summed E-state index contributed by atoms with van der Waals surface area (Å²) in [5.41, 5.74) is 0.419. The summed E-state index contributed by atoms with van der Waals surface area (Å²) in [5, 5.41) is 16.8. The van der Waals surface area contributed by atoms with E-state index in [1.807, 2.05) is 38.7 Å². The normalized spacial score (nSPS) is 23.5. The Morgan fingerprint density at radius 3 is 2.48 bits per heavy atom. The van der Waals surface area contributed by atoms with Gasteiger partial charge in [-0.2, -0.15) is 0 Å². The zero-order chi connectivity index (χ0) is 22.6. The number of carbonyl (C=O) groups is 1. The van der Waals surface area contributed by atoms with Crippen LogP contribution in [0.2, 0.25) is 0 Å². The zero-order valence-corrected chi connectivity index (χ0v) is 19.3. The van der Waals surface area contributed by atoms with Crippen molar-refractivity contribution >= 4 is 12.1 Å². The van der Waals surface area contributed by atoms with Crippen molar-refractivity contribution in [2.75, 3.05) is 13.7 Å². The Kier molecular flexibility index (Phi) is 7.18. The number of aromatic hydroxyl groups is 1. The smallest absolute Gasteiger partial charge is 0.410 e. The molecule has 2 heterocycles. The summed E-state index contributed by atoms with van der Waals surface area (Å²) in [5.74, 6) is 1.30. The van der Waals surface area contributed by atoms with E-state index in [0.717, 1.165) is 43.8 Å². The van der Waals surface area contributed by atoms with Crippen LogP contribution in [-0.2, 0) is 11.3 Å². The molecule has 2 saturated heterocycles. The first-order valence-corrected chi connectivity index (χ1v) is 11.1. The SMILES string of the molecule is CCNC(=NCc1ccc(OC)c(O)c1)NC1CC2CCC(C1)N2C(=O)OC(C)(C)C. The number of phenols is 1. The molecule has 0 saturated carbocycles. The molecular formula is C23H36N4O4. The van der Waals surface area contributed by atoms with Crippen LogP contribution in [0, 0.1) is 0 Å². The molecule has 2 atom stereocenters. The molecule has 8 nitrogen and oxygen atoms in total. The highest BCUT2D eigenvalue weighted by molar-refractivity contribution is 5.80. The number of amides is 1. The summed E-state index contributed by atoms with van der Waals surface area (Å²) < 4.78 is 10.7. The fraction of sp³-hybridized carbons (Fsp3) is 0.652. The molecule has 2 fully saturated rings. The van der Waals surface area contributed by atoms with Crippen molar-refractivity contribution < 1.29 is 19.4 Å². The summed E-state index contributed by atoms with van der Waals surface area (Å²) in [6.07, 6.45) is 3.59. The highest BCUT2D eigenvalue weighted by Crippen LogP contribution is 2.36. The van der Waals surface area contributed by atoms with E-state index in [1.165, 1.54) is 7.11 Å². The predicted octanol–water partition coefficient (Wildman–Crippen LogP) is 3.39. The second-order valence-corrected chi connectivity index (χ2v) is 9.29. The average molecular weight is 433 g/mol. The van der Waals surface area contributed by atoms with Gasteiger partial charge in [0.15, 0.2) is 17.5 Å². The van der Waals surface area contributed by atoms with Gasteiger partial charge in [0.25, 0.3) is 0 Å². The highest BCUT2D eigenvalue weighted by Gasteiger charge is 2.45. The Morgan fingerprint density at radius 1 is 1.26 bits per heavy atom. The summed E-state index contributed by atoms with van der Waals surface area (Å²) in [6, 6.07) is 5.96. The molecule has 2 unspecified atom stereocenters. The van der Waals surface area contributed by atoms with Crippen LogP contribution in [0.25, 0.3) is 0 Å². The average Bonchev–Trinajstić information content (AvgIpc) is 2.96. The Morgan fingerprint density at radius 2 is 1.94 bits per heavy atom. The van der Waals surface area contributed by atoms with Crippen LogP contribution >= 0.6 is 0 Å². The second kappa shape index (κ2) is 9.66. The van der Waals surface area contributed by atoms with Crippen LogP contribution in [0.3, 0.4) is 0 Å². The standard InChI is InChI=1S/C23H36N4O4/c1-6-24-21(25-14-15-7-10-20(30-5)19(28)11-15)26-16-12-17-8-9-18(13-16)27(17)22(29)31-23(2,3)4/h7,10-11,16-18,28H,6,8-9,12-14H2,1-5H3,(H2,24,25,26). The summed E-state index contributed by atoms with van der Waals surface area (Å²) in [6.45, 7) is 8.94. The van der Waals surface area contributed by atoms with Gasteiger partial charge in [0.2, 0.25) is 0 Å². The molecule has 1 amide bonds. The Balaban J connectivity index is 1.62. The predicted molar refractivity (Wildman–Crippen MR) is 121 cm³/mol. The van der Waals surface area contributed by atoms with Gasteiger partial charge in [-0.15, -0.1) is 0 Å². The molecule has 3 N–H and O–H groups in total. The van der Waals surface area contributed by atoms with Gasteiger partial charge >= 0.3 is 6.09 Å².